The van der Waals surface area contributed by atoms with Gasteiger partial charge < -0.3 is 10.5 Å². The van der Waals surface area contributed by atoms with Crippen LogP contribution >= 0.6 is 28.1 Å². The van der Waals surface area contributed by atoms with Crippen LogP contribution in [0.3, 0.4) is 0 Å². The predicted octanol–water partition coefficient (Wildman–Crippen LogP) is 3.01. The Morgan fingerprint density at radius 1 is 1.56 bits per heavy atom. The quantitative estimate of drug-likeness (QED) is 0.869. The highest BCUT2D eigenvalue weighted by atomic mass is 79.9. The van der Waals surface area contributed by atoms with Crippen LogP contribution in [0.5, 0.6) is 5.75 Å². The van der Waals surface area contributed by atoms with Gasteiger partial charge in [-0.05, 0) is 46.8 Å². The lowest BCUT2D eigenvalue weighted by atomic mass is 10.2. The van der Waals surface area contributed by atoms with Crippen molar-refractivity contribution in [2.75, 3.05) is 6.61 Å². The summed E-state index contributed by atoms with van der Waals surface area (Å²) >= 11 is 7.94. The van der Waals surface area contributed by atoms with Crippen molar-refractivity contribution in [3.8, 4) is 5.75 Å². The van der Waals surface area contributed by atoms with Gasteiger partial charge in [0.1, 0.15) is 4.99 Å². The van der Waals surface area contributed by atoms with Gasteiger partial charge >= 0.3 is 0 Å². The van der Waals surface area contributed by atoms with Crippen LogP contribution in [0.25, 0.3) is 0 Å². The van der Waals surface area contributed by atoms with Gasteiger partial charge in [-0.1, -0.05) is 12.2 Å². The van der Waals surface area contributed by atoms with E-state index in [0.29, 0.717) is 18.1 Å². The molecule has 0 saturated heterocycles. The van der Waals surface area contributed by atoms with Gasteiger partial charge in [-0.3, -0.25) is 0 Å². The number of nitrogens with two attached hydrogens (primary N) is 1. The van der Waals surface area contributed by atoms with Crippen molar-refractivity contribution in [3.63, 3.8) is 0 Å². The predicted molar refractivity (Wildman–Crippen MR) is 68.2 cm³/mol. The second kappa shape index (κ2) is 4.67. The monoisotopic (exact) mass is 303 g/mol. The van der Waals surface area contributed by atoms with Crippen LogP contribution in [-0.4, -0.2) is 11.6 Å². The molecule has 86 valence electrons. The van der Waals surface area contributed by atoms with E-state index < -0.39 is 5.82 Å². The molecule has 5 heteroatoms. The Balaban J connectivity index is 2.19. The van der Waals surface area contributed by atoms with Crippen molar-refractivity contribution in [2.24, 2.45) is 11.7 Å². The lowest BCUT2D eigenvalue weighted by Gasteiger charge is -2.10. The molecule has 0 heterocycles. The van der Waals surface area contributed by atoms with Gasteiger partial charge in [0.15, 0.2) is 11.6 Å². The molecule has 0 aliphatic heterocycles. The molecule has 0 unspecified atom stereocenters. The van der Waals surface area contributed by atoms with Crippen molar-refractivity contribution in [1.82, 2.24) is 0 Å². The highest BCUT2D eigenvalue weighted by molar-refractivity contribution is 9.10. The molecule has 0 spiro atoms. The summed E-state index contributed by atoms with van der Waals surface area (Å²) in [4.78, 5) is 0.166. The fourth-order valence-electron chi connectivity index (χ4n) is 1.33. The molecule has 2 N–H and O–H groups in total. The first-order valence-electron chi connectivity index (χ1n) is 5.00. The molecule has 2 rings (SSSR count). The second-order valence-corrected chi connectivity index (χ2v) is 5.09. The van der Waals surface area contributed by atoms with E-state index in [1.165, 1.54) is 12.8 Å². The molecule has 2 nitrogen and oxygen atoms in total. The molecular weight excluding hydrogens is 293 g/mol. The molecule has 1 aromatic rings. The average molecular weight is 304 g/mol. The summed E-state index contributed by atoms with van der Waals surface area (Å²) in [5.41, 5.74) is 5.95. The maximum Gasteiger partial charge on any atom is 0.179 e. The fourth-order valence-corrected chi connectivity index (χ4v) is 2.17. The van der Waals surface area contributed by atoms with E-state index in [0.717, 1.165) is 0 Å². The molecule has 1 aromatic carbocycles. The average Bonchev–Trinajstić information content (AvgIpc) is 3.03. The number of rotatable bonds is 4. The van der Waals surface area contributed by atoms with E-state index in [-0.39, 0.29) is 15.2 Å². The van der Waals surface area contributed by atoms with E-state index in [1.807, 2.05) is 0 Å². The zero-order chi connectivity index (χ0) is 11.7. The zero-order valence-electron chi connectivity index (χ0n) is 8.50. The summed E-state index contributed by atoms with van der Waals surface area (Å²) in [6.07, 6.45) is 2.35. The van der Waals surface area contributed by atoms with Crippen molar-refractivity contribution < 1.29 is 9.13 Å². The molecular formula is C11H11BrFNOS. The smallest absolute Gasteiger partial charge is 0.179 e. The van der Waals surface area contributed by atoms with E-state index in [9.17, 15) is 4.39 Å². The Labute approximate surface area is 107 Å². The van der Waals surface area contributed by atoms with Crippen LogP contribution in [0.1, 0.15) is 18.4 Å². The van der Waals surface area contributed by atoms with Crippen LogP contribution in [0.15, 0.2) is 16.6 Å². The first-order chi connectivity index (χ1) is 7.59. The zero-order valence-corrected chi connectivity index (χ0v) is 10.9. The Hall–Kier alpha value is -0.680. The van der Waals surface area contributed by atoms with E-state index >= 15 is 0 Å². The van der Waals surface area contributed by atoms with Crippen LogP contribution in [0, 0.1) is 11.7 Å². The van der Waals surface area contributed by atoms with Gasteiger partial charge in [-0.25, -0.2) is 4.39 Å². The van der Waals surface area contributed by atoms with Crippen LogP contribution in [-0.2, 0) is 0 Å². The van der Waals surface area contributed by atoms with Gasteiger partial charge in [0, 0.05) is 5.56 Å². The van der Waals surface area contributed by atoms with Gasteiger partial charge in [-0.2, -0.15) is 0 Å². The van der Waals surface area contributed by atoms with E-state index in [1.54, 1.807) is 12.1 Å². The molecule has 0 radical (unpaired) electrons. The Morgan fingerprint density at radius 3 is 2.81 bits per heavy atom. The van der Waals surface area contributed by atoms with E-state index in [4.69, 9.17) is 22.7 Å². The standard InChI is InChI=1S/C11H11BrFNOS/c12-9-7(11(14)16)3-4-8(10(9)13)15-5-6-1-2-6/h3-4,6H,1-2,5H2,(H2,14,16). The third kappa shape index (κ3) is 2.52. The topological polar surface area (TPSA) is 35.2 Å². The van der Waals surface area contributed by atoms with Gasteiger partial charge in [0.2, 0.25) is 0 Å². The van der Waals surface area contributed by atoms with Crippen molar-refractivity contribution in [2.45, 2.75) is 12.8 Å². The Bertz CT molecular complexity index is 434. The first kappa shape index (κ1) is 11.8. The minimum Gasteiger partial charge on any atom is -0.490 e. The van der Waals surface area contributed by atoms with Crippen LogP contribution < -0.4 is 10.5 Å². The lowest BCUT2D eigenvalue weighted by Crippen LogP contribution is -2.11. The third-order valence-electron chi connectivity index (χ3n) is 2.48. The van der Waals surface area contributed by atoms with Crippen molar-refractivity contribution in [1.29, 1.82) is 0 Å². The van der Waals surface area contributed by atoms with Crippen molar-refractivity contribution >= 4 is 33.1 Å². The molecule has 1 aliphatic carbocycles. The van der Waals surface area contributed by atoms with Gasteiger partial charge in [0.25, 0.3) is 0 Å². The normalized spacial score (nSPS) is 14.9. The molecule has 1 saturated carbocycles. The maximum atomic E-state index is 13.8. The minimum absolute atomic E-state index is 0.166. The number of thiocarbonyl (C=S) groups is 1. The number of benzene rings is 1. The van der Waals surface area contributed by atoms with Crippen LogP contribution in [0.4, 0.5) is 4.39 Å². The molecule has 1 fully saturated rings. The summed E-state index contributed by atoms with van der Waals surface area (Å²) in [6, 6.07) is 3.23. The van der Waals surface area contributed by atoms with E-state index in [2.05, 4.69) is 15.9 Å². The third-order valence-corrected chi connectivity index (χ3v) is 3.48. The number of hydrogen-bond acceptors (Lipinski definition) is 2. The van der Waals surface area contributed by atoms with Gasteiger partial charge in [0.05, 0.1) is 11.1 Å². The van der Waals surface area contributed by atoms with Crippen molar-refractivity contribution in [3.05, 3.63) is 28.0 Å². The molecule has 1 aliphatic rings. The Morgan fingerprint density at radius 2 is 2.25 bits per heavy atom. The summed E-state index contributed by atoms with van der Waals surface area (Å²) in [7, 11) is 0. The SMILES string of the molecule is NC(=S)c1ccc(OCC2CC2)c(F)c1Br. The second-order valence-electron chi connectivity index (χ2n) is 3.86. The summed E-state index contributed by atoms with van der Waals surface area (Å²) < 4.78 is 19.5. The summed E-state index contributed by atoms with van der Waals surface area (Å²) in [5.74, 6) is 0.401. The molecule has 0 bridgehead atoms. The summed E-state index contributed by atoms with van der Waals surface area (Å²) in [6.45, 7) is 0.579. The Kier molecular flexibility index (Phi) is 3.44. The minimum atomic E-state index is -0.439. The maximum absolute atomic E-state index is 13.8. The highest BCUT2D eigenvalue weighted by Gasteiger charge is 2.23. The molecule has 0 amide bonds. The number of hydrogen-bond donors (Lipinski definition) is 1. The fraction of sp³-hybridized carbons (Fsp3) is 0.364. The summed E-state index contributed by atoms with van der Waals surface area (Å²) in [5, 5.41) is 0. The lowest BCUT2D eigenvalue weighted by molar-refractivity contribution is 0.284. The number of ether oxygens (including phenoxy) is 1. The largest absolute Gasteiger partial charge is 0.490 e. The molecule has 0 aromatic heterocycles. The van der Waals surface area contributed by atoms with Gasteiger partial charge in [-0.15, -0.1) is 0 Å². The molecule has 0 atom stereocenters. The molecule has 16 heavy (non-hydrogen) atoms. The number of halogens is 2. The van der Waals surface area contributed by atoms with Crippen LogP contribution in [0.2, 0.25) is 0 Å². The first-order valence-corrected chi connectivity index (χ1v) is 6.20. The highest BCUT2D eigenvalue weighted by Crippen LogP contribution is 2.32.